The Bertz CT molecular complexity index is 245. The second-order valence-corrected chi connectivity index (χ2v) is 2.45. The molecule has 0 heterocycles. The van der Waals surface area contributed by atoms with E-state index in [9.17, 15) is 22.8 Å². The molecule has 0 saturated carbocycles. The molecule has 0 fully saturated rings. The first-order chi connectivity index (χ1) is 5.72. The van der Waals surface area contributed by atoms with Crippen LogP contribution in [-0.2, 0) is 9.59 Å². The van der Waals surface area contributed by atoms with Gasteiger partial charge in [0.25, 0.3) is 5.91 Å². The van der Waals surface area contributed by atoms with Gasteiger partial charge in [0.1, 0.15) is 6.42 Å². The summed E-state index contributed by atoms with van der Waals surface area (Å²) in [6, 6.07) is 0. The molecule has 0 aliphatic heterocycles. The fourth-order valence-corrected chi connectivity index (χ4v) is 0.460. The zero-order valence-electron chi connectivity index (χ0n) is 6.86. The van der Waals surface area contributed by atoms with Crippen molar-refractivity contribution in [2.75, 3.05) is 0 Å². The SMILES string of the molecule is C=C(C)C(=O)NC(=O)CC(F)(F)F. The van der Waals surface area contributed by atoms with E-state index in [2.05, 4.69) is 6.58 Å². The zero-order valence-corrected chi connectivity index (χ0v) is 6.86. The van der Waals surface area contributed by atoms with Crippen molar-refractivity contribution in [2.24, 2.45) is 0 Å². The Morgan fingerprint density at radius 1 is 1.38 bits per heavy atom. The van der Waals surface area contributed by atoms with Gasteiger partial charge in [0.05, 0.1) is 0 Å². The molecule has 0 radical (unpaired) electrons. The van der Waals surface area contributed by atoms with E-state index in [4.69, 9.17) is 0 Å². The first-order valence-electron chi connectivity index (χ1n) is 3.29. The van der Waals surface area contributed by atoms with E-state index in [0.29, 0.717) is 0 Å². The van der Waals surface area contributed by atoms with Gasteiger partial charge in [0.2, 0.25) is 5.91 Å². The fraction of sp³-hybridized carbons (Fsp3) is 0.429. The molecule has 1 N–H and O–H groups in total. The van der Waals surface area contributed by atoms with Gasteiger partial charge in [-0.2, -0.15) is 13.2 Å². The van der Waals surface area contributed by atoms with Gasteiger partial charge in [0.15, 0.2) is 0 Å². The molecule has 2 amide bonds. The monoisotopic (exact) mass is 195 g/mol. The Morgan fingerprint density at radius 3 is 2.15 bits per heavy atom. The zero-order chi connectivity index (χ0) is 10.6. The van der Waals surface area contributed by atoms with Crippen molar-refractivity contribution in [2.45, 2.75) is 19.5 Å². The molecule has 0 aliphatic carbocycles. The van der Waals surface area contributed by atoms with Crippen LogP contribution in [0.1, 0.15) is 13.3 Å². The third kappa shape index (κ3) is 5.89. The summed E-state index contributed by atoms with van der Waals surface area (Å²) >= 11 is 0. The fourth-order valence-electron chi connectivity index (χ4n) is 0.460. The molecule has 0 saturated heterocycles. The molecule has 0 bridgehead atoms. The summed E-state index contributed by atoms with van der Waals surface area (Å²) in [5.74, 6) is -2.27. The van der Waals surface area contributed by atoms with Crippen LogP contribution in [0.5, 0.6) is 0 Å². The van der Waals surface area contributed by atoms with E-state index in [1.165, 1.54) is 12.2 Å². The number of rotatable bonds is 2. The van der Waals surface area contributed by atoms with Crippen molar-refractivity contribution in [3.05, 3.63) is 12.2 Å². The van der Waals surface area contributed by atoms with E-state index in [-0.39, 0.29) is 5.57 Å². The maximum absolute atomic E-state index is 11.6. The smallest absolute Gasteiger partial charge is 0.292 e. The van der Waals surface area contributed by atoms with Gasteiger partial charge in [-0.1, -0.05) is 6.58 Å². The topological polar surface area (TPSA) is 46.2 Å². The molecule has 3 nitrogen and oxygen atoms in total. The van der Waals surface area contributed by atoms with Gasteiger partial charge >= 0.3 is 6.18 Å². The molecule has 0 atom stereocenters. The Balaban J connectivity index is 4.04. The molecule has 0 unspecified atom stereocenters. The molecule has 0 spiro atoms. The van der Waals surface area contributed by atoms with Crippen LogP contribution < -0.4 is 5.32 Å². The van der Waals surface area contributed by atoms with Gasteiger partial charge in [0, 0.05) is 5.57 Å². The average molecular weight is 195 g/mol. The minimum atomic E-state index is -4.60. The average Bonchev–Trinajstić information content (AvgIpc) is 1.81. The molecule has 0 aromatic rings. The van der Waals surface area contributed by atoms with Crippen LogP contribution in [0.25, 0.3) is 0 Å². The summed E-state index contributed by atoms with van der Waals surface area (Å²) in [4.78, 5) is 21.1. The Morgan fingerprint density at radius 2 is 1.85 bits per heavy atom. The van der Waals surface area contributed by atoms with Crippen molar-refractivity contribution in [1.29, 1.82) is 0 Å². The summed E-state index contributed by atoms with van der Waals surface area (Å²) < 4.78 is 34.7. The summed E-state index contributed by atoms with van der Waals surface area (Å²) in [7, 11) is 0. The highest BCUT2D eigenvalue weighted by Gasteiger charge is 2.31. The van der Waals surface area contributed by atoms with Gasteiger partial charge in [-0.3, -0.25) is 14.9 Å². The molecule has 0 aromatic heterocycles. The number of hydrogen-bond acceptors (Lipinski definition) is 2. The lowest BCUT2D eigenvalue weighted by Crippen LogP contribution is -2.33. The summed E-state index contributed by atoms with van der Waals surface area (Å²) in [5, 5.41) is 1.54. The minimum Gasteiger partial charge on any atom is -0.292 e. The van der Waals surface area contributed by atoms with Crippen LogP contribution in [0.4, 0.5) is 13.2 Å². The van der Waals surface area contributed by atoms with E-state index in [0.717, 1.165) is 0 Å². The summed E-state index contributed by atoms with van der Waals surface area (Å²) in [6.07, 6.45) is -6.26. The maximum atomic E-state index is 11.6. The maximum Gasteiger partial charge on any atom is 0.397 e. The van der Waals surface area contributed by atoms with E-state index in [1.54, 1.807) is 0 Å². The third-order valence-electron chi connectivity index (χ3n) is 1.00. The molecule has 13 heavy (non-hydrogen) atoms. The highest BCUT2D eigenvalue weighted by Crippen LogP contribution is 2.18. The number of nitrogens with one attached hydrogen (secondary N) is 1. The van der Waals surface area contributed by atoms with Gasteiger partial charge in [-0.05, 0) is 6.92 Å². The Kier molecular flexibility index (Phi) is 3.65. The van der Waals surface area contributed by atoms with Crippen molar-refractivity contribution < 1.29 is 22.8 Å². The van der Waals surface area contributed by atoms with Crippen LogP contribution >= 0.6 is 0 Å². The van der Waals surface area contributed by atoms with E-state index in [1.807, 2.05) is 0 Å². The lowest BCUT2D eigenvalue weighted by atomic mass is 10.3. The Hall–Kier alpha value is -1.33. The number of imide groups is 1. The molecule has 0 aromatic carbocycles. The normalized spacial score (nSPS) is 10.8. The lowest BCUT2D eigenvalue weighted by molar-refractivity contribution is -0.154. The number of amides is 2. The van der Waals surface area contributed by atoms with Crippen LogP contribution in [0.3, 0.4) is 0 Å². The number of alkyl halides is 3. The molecule has 6 heteroatoms. The lowest BCUT2D eigenvalue weighted by Gasteiger charge is -2.05. The highest BCUT2D eigenvalue weighted by atomic mass is 19.4. The third-order valence-corrected chi connectivity index (χ3v) is 1.00. The number of carbonyl (C=O) groups excluding carboxylic acids is 2. The summed E-state index contributed by atoms with van der Waals surface area (Å²) in [5.41, 5.74) is -0.0180. The summed E-state index contributed by atoms with van der Waals surface area (Å²) in [6.45, 7) is 4.45. The standard InChI is InChI=1S/C7H8F3NO2/c1-4(2)6(13)11-5(12)3-7(8,9)10/h1,3H2,2H3,(H,11,12,13). The number of hydrogen-bond donors (Lipinski definition) is 1. The number of carbonyl (C=O) groups is 2. The van der Waals surface area contributed by atoms with Crippen LogP contribution in [0, 0.1) is 0 Å². The molecule has 74 valence electrons. The van der Waals surface area contributed by atoms with E-state index >= 15 is 0 Å². The second kappa shape index (κ2) is 4.06. The number of halogens is 3. The quantitative estimate of drug-likeness (QED) is 0.672. The predicted molar refractivity (Wildman–Crippen MR) is 38.6 cm³/mol. The van der Waals surface area contributed by atoms with Crippen LogP contribution in [0.15, 0.2) is 12.2 Å². The molecular formula is C7H8F3NO2. The van der Waals surface area contributed by atoms with E-state index < -0.39 is 24.4 Å². The van der Waals surface area contributed by atoms with Crippen molar-refractivity contribution in [1.82, 2.24) is 5.32 Å². The first kappa shape index (κ1) is 11.7. The highest BCUT2D eigenvalue weighted by molar-refractivity contribution is 6.03. The minimum absolute atomic E-state index is 0.0180. The Labute approximate surface area is 72.6 Å². The van der Waals surface area contributed by atoms with Gasteiger partial charge < -0.3 is 0 Å². The van der Waals surface area contributed by atoms with Crippen LogP contribution in [-0.4, -0.2) is 18.0 Å². The van der Waals surface area contributed by atoms with Crippen molar-refractivity contribution >= 4 is 11.8 Å². The van der Waals surface area contributed by atoms with Crippen molar-refractivity contribution in [3.8, 4) is 0 Å². The second-order valence-electron chi connectivity index (χ2n) is 2.45. The van der Waals surface area contributed by atoms with Gasteiger partial charge in [-0.25, -0.2) is 0 Å². The molecule has 0 aliphatic rings. The van der Waals surface area contributed by atoms with Gasteiger partial charge in [-0.15, -0.1) is 0 Å². The molecular weight excluding hydrogens is 187 g/mol. The largest absolute Gasteiger partial charge is 0.397 e. The van der Waals surface area contributed by atoms with Crippen molar-refractivity contribution in [3.63, 3.8) is 0 Å². The molecule has 0 rings (SSSR count). The first-order valence-corrected chi connectivity index (χ1v) is 3.29. The van der Waals surface area contributed by atoms with Crippen LogP contribution in [0.2, 0.25) is 0 Å². The predicted octanol–water partition coefficient (Wildman–Crippen LogP) is 1.16.